The predicted octanol–water partition coefficient (Wildman–Crippen LogP) is 4.45. The number of aliphatic hydroxyl groups excluding tert-OH is 1. The van der Waals surface area contributed by atoms with E-state index in [1.807, 2.05) is 19.2 Å². The topological polar surface area (TPSA) is 150 Å². The standard InChI is InChI=1S/C28H28N4O6S3/c1-19(30-18-25(33)20-6-2-7-22(15-20)32-40(34,35)27-11-5-13-39-27)14-21-16-31-28-24(21)9-3-10-26(28)38-41(36,37)23-8-4-12-29-17-23/h2-13,15-17,19,25,30-33H,14,18H2,1H3/t19-,25+/m1/s1. The summed E-state index contributed by atoms with van der Waals surface area (Å²) >= 11 is 1.13. The Morgan fingerprint density at radius 3 is 2.63 bits per heavy atom. The summed E-state index contributed by atoms with van der Waals surface area (Å²) in [6, 6.07) is 18.0. The van der Waals surface area contributed by atoms with Gasteiger partial charge < -0.3 is 19.6 Å². The number of aromatic nitrogens is 2. The molecule has 13 heteroatoms. The first kappa shape index (κ1) is 28.8. The molecular weight excluding hydrogens is 585 g/mol. The molecule has 41 heavy (non-hydrogen) atoms. The van der Waals surface area contributed by atoms with Crippen molar-refractivity contribution in [3.8, 4) is 5.75 Å². The smallest absolute Gasteiger partial charge is 0.340 e. The van der Waals surface area contributed by atoms with Crippen molar-refractivity contribution >= 4 is 48.1 Å². The van der Waals surface area contributed by atoms with E-state index in [1.54, 1.807) is 47.8 Å². The van der Waals surface area contributed by atoms with Gasteiger partial charge in [0.1, 0.15) is 9.10 Å². The molecule has 0 aliphatic heterocycles. The van der Waals surface area contributed by atoms with Gasteiger partial charge in [0, 0.05) is 42.3 Å². The van der Waals surface area contributed by atoms with Crippen LogP contribution in [-0.4, -0.2) is 44.5 Å². The first-order valence-electron chi connectivity index (χ1n) is 12.6. The molecule has 0 amide bonds. The molecule has 0 saturated carbocycles. The molecule has 3 aromatic heterocycles. The zero-order chi connectivity index (χ0) is 29.0. The van der Waals surface area contributed by atoms with Gasteiger partial charge in [-0.1, -0.05) is 30.3 Å². The molecule has 5 rings (SSSR count). The molecule has 0 saturated heterocycles. The number of rotatable bonds is 12. The third kappa shape index (κ3) is 6.77. The molecule has 2 atom stereocenters. The second kappa shape index (κ2) is 12.0. The molecule has 0 aliphatic carbocycles. The van der Waals surface area contributed by atoms with Gasteiger partial charge in [-0.3, -0.25) is 9.71 Å². The number of para-hydroxylation sites is 1. The molecule has 0 radical (unpaired) electrons. The number of nitrogens with one attached hydrogen (secondary N) is 3. The number of hydrogen-bond acceptors (Lipinski definition) is 9. The Kier molecular flexibility index (Phi) is 8.42. The molecule has 0 spiro atoms. The summed E-state index contributed by atoms with van der Waals surface area (Å²) in [5.74, 6) is 0.184. The van der Waals surface area contributed by atoms with Gasteiger partial charge in [-0.25, -0.2) is 8.42 Å². The number of thiophene rings is 1. The largest absolute Gasteiger partial charge is 0.387 e. The lowest BCUT2D eigenvalue weighted by Crippen LogP contribution is -2.32. The Morgan fingerprint density at radius 2 is 1.88 bits per heavy atom. The van der Waals surface area contributed by atoms with Crippen LogP contribution in [0.3, 0.4) is 0 Å². The predicted molar refractivity (Wildman–Crippen MR) is 158 cm³/mol. The van der Waals surface area contributed by atoms with Gasteiger partial charge in [-0.05, 0) is 66.2 Å². The summed E-state index contributed by atoms with van der Waals surface area (Å²) in [5.41, 5.74) is 2.44. The maximum Gasteiger partial charge on any atom is 0.340 e. The molecule has 0 aliphatic rings. The molecular formula is C28H28N4O6S3. The lowest BCUT2D eigenvalue weighted by molar-refractivity contribution is 0.170. The average molecular weight is 613 g/mol. The number of nitrogens with zero attached hydrogens (tertiary/aromatic N) is 1. The van der Waals surface area contributed by atoms with Crippen LogP contribution in [0.15, 0.2) is 99.8 Å². The van der Waals surface area contributed by atoms with Crippen molar-refractivity contribution in [2.75, 3.05) is 11.3 Å². The van der Waals surface area contributed by atoms with E-state index >= 15 is 0 Å². The number of fused-ring (bicyclic) bond motifs is 1. The summed E-state index contributed by atoms with van der Waals surface area (Å²) in [7, 11) is -7.74. The lowest BCUT2D eigenvalue weighted by atomic mass is 10.0. The van der Waals surface area contributed by atoms with E-state index in [-0.39, 0.29) is 27.4 Å². The van der Waals surface area contributed by atoms with E-state index in [9.17, 15) is 21.9 Å². The number of pyridine rings is 1. The van der Waals surface area contributed by atoms with Crippen LogP contribution >= 0.6 is 11.3 Å². The van der Waals surface area contributed by atoms with Crippen molar-refractivity contribution in [1.82, 2.24) is 15.3 Å². The van der Waals surface area contributed by atoms with E-state index in [0.29, 0.717) is 23.2 Å². The molecule has 0 bridgehead atoms. The third-order valence-electron chi connectivity index (χ3n) is 6.35. The van der Waals surface area contributed by atoms with Crippen molar-refractivity contribution < 1.29 is 26.1 Å². The van der Waals surface area contributed by atoms with E-state index in [0.717, 1.165) is 22.3 Å². The van der Waals surface area contributed by atoms with E-state index in [4.69, 9.17) is 4.18 Å². The minimum absolute atomic E-state index is 0.0365. The van der Waals surface area contributed by atoms with Gasteiger partial charge in [0.15, 0.2) is 5.75 Å². The van der Waals surface area contributed by atoms with Crippen molar-refractivity contribution in [2.24, 2.45) is 0 Å². The summed E-state index contributed by atoms with van der Waals surface area (Å²) < 4.78 is 58.7. The highest BCUT2D eigenvalue weighted by molar-refractivity contribution is 7.94. The number of anilines is 1. The Labute approximate surface area is 242 Å². The lowest BCUT2D eigenvalue weighted by Gasteiger charge is -2.18. The Bertz CT molecular complexity index is 1840. The second-order valence-electron chi connectivity index (χ2n) is 9.41. The quantitative estimate of drug-likeness (QED) is 0.151. The highest BCUT2D eigenvalue weighted by atomic mass is 32.2. The Hall–Kier alpha value is -3.75. The molecule has 214 valence electrons. The number of sulfonamides is 1. The average Bonchev–Trinajstić information content (AvgIpc) is 3.64. The highest BCUT2D eigenvalue weighted by Gasteiger charge is 2.20. The van der Waals surface area contributed by atoms with E-state index in [2.05, 4.69) is 20.0 Å². The van der Waals surface area contributed by atoms with Gasteiger partial charge in [0.25, 0.3) is 10.0 Å². The summed E-state index contributed by atoms with van der Waals surface area (Å²) in [5, 5.41) is 16.6. The van der Waals surface area contributed by atoms with Gasteiger partial charge in [0.05, 0.1) is 11.6 Å². The molecule has 5 aromatic rings. The van der Waals surface area contributed by atoms with E-state index in [1.165, 1.54) is 30.6 Å². The number of aliphatic hydroxyl groups is 1. The summed E-state index contributed by atoms with van der Waals surface area (Å²) in [4.78, 5) is 6.94. The molecule has 0 fully saturated rings. The van der Waals surface area contributed by atoms with Crippen LogP contribution in [0.4, 0.5) is 5.69 Å². The van der Waals surface area contributed by atoms with Crippen LogP contribution in [0, 0.1) is 0 Å². The molecule has 2 aromatic carbocycles. The first-order valence-corrected chi connectivity index (χ1v) is 16.4. The number of H-pyrrole nitrogens is 1. The first-order chi connectivity index (χ1) is 19.6. The van der Waals surface area contributed by atoms with Crippen molar-refractivity contribution in [3.63, 3.8) is 0 Å². The number of hydrogen-bond donors (Lipinski definition) is 4. The highest BCUT2D eigenvalue weighted by Crippen LogP contribution is 2.30. The van der Waals surface area contributed by atoms with E-state index < -0.39 is 26.2 Å². The number of aromatic amines is 1. The van der Waals surface area contributed by atoms with Crippen LogP contribution in [0.25, 0.3) is 10.9 Å². The SMILES string of the molecule is C[C@H](Cc1c[nH]c2c(OS(=O)(=O)c3cccnc3)cccc12)NC[C@H](O)c1cccc(NS(=O)(=O)c2cccs2)c1. The fourth-order valence-electron chi connectivity index (χ4n) is 4.35. The zero-order valence-corrected chi connectivity index (χ0v) is 24.3. The molecule has 0 unspecified atom stereocenters. The monoisotopic (exact) mass is 612 g/mol. The van der Waals surface area contributed by atoms with Crippen LogP contribution in [0.2, 0.25) is 0 Å². The summed E-state index contributed by atoms with van der Waals surface area (Å²) in [6.07, 6.45) is 4.25. The van der Waals surface area contributed by atoms with Gasteiger partial charge in [0.2, 0.25) is 0 Å². The maximum atomic E-state index is 12.7. The van der Waals surface area contributed by atoms with Crippen LogP contribution < -0.4 is 14.2 Å². The van der Waals surface area contributed by atoms with Crippen molar-refractivity contribution in [2.45, 2.75) is 34.6 Å². The Morgan fingerprint density at radius 1 is 1.05 bits per heavy atom. The van der Waals surface area contributed by atoms with Gasteiger partial charge >= 0.3 is 10.1 Å². The third-order valence-corrected chi connectivity index (χ3v) is 10.4. The molecule has 4 N–H and O–H groups in total. The minimum Gasteiger partial charge on any atom is -0.387 e. The summed E-state index contributed by atoms with van der Waals surface area (Å²) in [6.45, 7) is 2.21. The molecule has 10 nitrogen and oxygen atoms in total. The van der Waals surface area contributed by atoms with Crippen LogP contribution in [0.1, 0.15) is 24.2 Å². The minimum atomic E-state index is -4.05. The fourth-order valence-corrected chi connectivity index (χ4v) is 7.30. The van der Waals surface area contributed by atoms with Crippen molar-refractivity contribution in [1.29, 1.82) is 0 Å². The zero-order valence-electron chi connectivity index (χ0n) is 21.9. The van der Waals surface area contributed by atoms with Crippen molar-refractivity contribution in [3.05, 3.63) is 102 Å². The Balaban J connectivity index is 1.22. The van der Waals surface area contributed by atoms with Crippen LogP contribution in [0.5, 0.6) is 5.75 Å². The molecule has 3 heterocycles. The van der Waals surface area contributed by atoms with Gasteiger partial charge in [-0.15, -0.1) is 11.3 Å². The number of benzene rings is 2. The maximum absolute atomic E-state index is 12.7. The van der Waals surface area contributed by atoms with Gasteiger partial charge in [-0.2, -0.15) is 8.42 Å². The fraction of sp³-hybridized carbons (Fsp3) is 0.179. The van der Waals surface area contributed by atoms with Crippen LogP contribution in [-0.2, 0) is 26.6 Å². The second-order valence-corrected chi connectivity index (χ2v) is 13.8. The normalized spacial score (nSPS) is 13.6.